The van der Waals surface area contributed by atoms with Gasteiger partial charge in [-0.3, -0.25) is 0 Å². The lowest BCUT2D eigenvalue weighted by Gasteiger charge is -1.99. The van der Waals surface area contributed by atoms with Gasteiger partial charge in [0.1, 0.15) is 5.75 Å². The van der Waals surface area contributed by atoms with Crippen molar-refractivity contribution in [3.05, 3.63) is 65.1 Å². The molecule has 0 unspecified atom stereocenters. The summed E-state index contributed by atoms with van der Waals surface area (Å²) in [5.74, 6) is 0.842. The van der Waals surface area contributed by atoms with Crippen LogP contribution in [-0.2, 0) is 0 Å². The lowest BCUT2D eigenvalue weighted by atomic mass is 10.1. The highest BCUT2D eigenvalue weighted by Gasteiger charge is 1.92. The Morgan fingerprint density at radius 3 is 2.00 bits per heavy atom. The molecule has 17 heavy (non-hydrogen) atoms. The molecule has 0 N–H and O–H groups in total. The molecule has 3 nitrogen and oxygen atoms in total. The van der Waals surface area contributed by atoms with Crippen LogP contribution in [-0.4, -0.2) is 7.11 Å². The standard InChI is InChI=1S/C14H13NO2/c1-17-14-6-4-12(5-7-14)2-3-13-8-10-15(16)11-9-13/h2-11H,1H3. The van der Waals surface area contributed by atoms with Crippen LogP contribution in [0.15, 0.2) is 48.8 Å². The van der Waals surface area contributed by atoms with Crippen LogP contribution >= 0.6 is 0 Å². The lowest BCUT2D eigenvalue weighted by Crippen LogP contribution is -2.23. The second-order valence-corrected chi connectivity index (χ2v) is 3.60. The molecule has 0 aliphatic carbocycles. The van der Waals surface area contributed by atoms with Gasteiger partial charge in [-0.2, -0.15) is 4.73 Å². The normalized spacial score (nSPS) is 10.6. The van der Waals surface area contributed by atoms with Crippen molar-refractivity contribution in [2.75, 3.05) is 7.11 Å². The second-order valence-electron chi connectivity index (χ2n) is 3.60. The summed E-state index contributed by atoms with van der Waals surface area (Å²) in [6, 6.07) is 11.3. The van der Waals surface area contributed by atoms with E-state index in [0.29, 0.717) is 0 Å². The third kappa shape index (κ3) is 3.08. The molecular weight excluding hydrogens is 214 g/mol. The van der Waals surface area contributed by atoms with Crippen LogP contribution in [0, 0.1) is 5.21 Å². The van der Waals surface area contributed by atoms with Gasteiger partial charge in [-0.25, -0.2) is 0 Å². The number of nitrogens with zero attached hydrogens (tertiary/aromatic N) is 1. The summed E-state index contributed by atoms with van der Waals surface area (Å²) in [4.78, 5) is 0. The van der Waals surface area contributed by atoms with Gasteiger partial charge in [0.05, 0.1) is 7.11 Å². The van der Waals surface area contributed by atoms with Gasteiger partial charge in [0.15, 0.2) is 12.4 Å². The molecule has 2 rings (SSSR count). The van der Waals surface area contributed by atoms with E-state index in [1.54, 1.807) is 19.2 Å². The van der Waals surface area contributed by atoms with Crippen LogP contribution in [0.25, 0.3) is 12.2 Å². The van der Waals surface area contributed by atoms with Crippen LogP contribution in [0.5, 0.6) is 5.75 Å². The van der Waals surface area contributed by atoms with E-state index in [9.17, 15) is 5.21 Å². The summed E-state index contributed by atoms with van der Waals surface area (Å²) in [6.07, 6.45) is 6.91. The van der Waals surface area contributed by atoms with Crippen molar-refractivity contribution in [1.29, 1.82) is 0 Å². The van der Waals surface area contributed by atoms with Gasteiger partial charge in [-0.1, -0.05) is 24.3 Å². The summed E-state index contributed by atoms with van der Waals surface area (Å²) in [5, 5.41) is 10.8. The molecule has 3 heteroatoms. The number of pyridine rings is 1. The first kappa shape index (κ1) is 11.2. The van der Waals surface area contributed by atoms with Crippen molar-refractivity contribution in [3.8, 4) is 5.75 Å². The van der Waals surface area contributed by atoms with E-state index in [0.717, 1.165) is 21.6 Å². The molecule has 0 aliphatic heterocycles. The summed E-state index contributed by atoms with van der Waals surface area (Å²) < 4.78 is 5.85. The number of hydrogen-bond donors (Lipinski definition) is 0. The molecule has 0 aliphatic rings. The van der Waals surface area contributed by atoms with Gasteiger partial charge in [-0.15, -0.1) is 0 Å². The molecule has 2 aromatic rings. The molecule has 1 aromatic heterocycles. The van der Waals surface area contributed by atoms with Gasteiger partial charge in [-0.05, 0) is 23.3 Å². The fourth-order valence-electron chi connectivity index (χ4n) is 1.44. The van der Waals surface area contributed by atoms with E-state index in [-0.39, 0.29) is 0 Å². The maximum absolute atomic E-state index is 10.8. The summed E-state index contributed by atoms with van der Waals surface area (Å²) in [5.41, 5.74) is 2.08. The van der Waals surface area contributed by atoms with Crippen LogP contribution in [0.4, 0.5) is 0 Å². The first-order valence-electron chi connectivity index (χ1n) is 5.29. The summed E-state index contributed by atoms with van der Waals surface area (Å²) >= 11 is 0. The molecule has 0 spiro atoms. The molecule has 0 atom stereocenters. The first-order chi connectivity index (χ1) is 8.28. The second kappa shape index (κ2) is 5.16. The number of hydrogen-bond acceptors (Lipinski definition) is 2. The van der Waals surface area contributed by atoms with E-state index in [2.05, 4.69) is 0 Å². The van der Waals surface area contributed by atoms with Crippen molar-refractivity contribution in [2.45, 2.75) is 0 Å². The van der Waals surface area contributed by atoms with Gasteiger partial charge >= 0.3 is 0 Å². The average molecular weight is 227 g/mol. The molecule has 0 amide bonds. The number of aromatic nitrogens is 1. The Kier molecular flexibility index (Phi) is 3.40. The Morgan fingerprint density at radius 1 is 0.941 bits per heavy atom. The zero-order valence-electron chi connectivity index (χ0n) is 9.54. The molecule has 1 aromatic carbocycles. The monoisotopic (exact) mass is 227 g/mol. The Labute approximate surface area is 100 Å². The van der Waals surface area contributed by atoms with Crippen molar-refractivity contribution < 1.29 is 9.47 Å². The zero-order valence-corrected chi connectivity index (χ0v) is 9.54. The molecule has 86 valence electrons. The fourth-order valence-corrected chi connectivity index (χ4v) is 1.44. The lowest BCUT2D eigenvalue weighted by molar-refractivity contribution is -0.605. The highest BCUT2D eigenvalue weighted by Crippen LogP contribution is 2.13. The summed E-state index contributed by atoms with van der Waals surface area (Å²) in [7, 11) is 1.65. The number of methoxy groups -OCH3 is 1. The molecule has 0 bridgehead atoms. The first-order valence-corrected chi connectivity index (χ1v) is 5.29. The molecular formula is C14H13NO2. The fraction of sp³-hybridized carbons (Fsp3) is 0.0714. The Balaban J connectivity index is 2.11. The van der Waals surface area contributed by atoms with Crippen molar-refractivity contribution in [1.82, 2.24) is 0 Å². The van der Waals surface area contributed by atoms with Gasteiger partial charge in [0.25, 0.3) is 0 Å². The van der Waals surface area contributed by atoms with Gasteiger partial charge in [0, 0.05) is 12.1 Å². The Hall–Kier alpha value is -2.29. The van der Waals surface area contributed by atoms with Crippen LogP contribution in [0.2, 0.25) is 0 Å². The SMILES string of the molecule is COc1ccc(C=Cc2cc[n+]([O-])cc2)cc1. The Bertz CT molecular complexity index is 501. The molecule has 0 radical (unpaired) electrons. The van der Waals surface area contributed by atoms with Gasteiger partial charge in [0.2, 0.25) is 0 Å². The number of ether oxygens (including phenoxy) is 1. The van der Waals surface area contributed by atoms with E-state index >= 15 is 0 Å². The topological polar surface area (TPSA) is 36.2 Å². The van der Waals surface area contributed by atoms with Crippen molar-refractivity contribution in [2.24, 2.45) is 0 Å². The third-order valence-electron chi connectivity index (χ3n) is 2.41. The average Bonchev–Trinajstić information content (AvgIpc) is 2.39. The maximum Gasteiger partial charge on any atom is 0.180 e. The van der Waals surface area contributed by atoms with E-state index in [1.165, 1.54) is 12.4 Å². The van der Waals surface area contributed by atoms with Crippen LogP contribution < -0.4 is 9.47 Å². The van der Waals surface area contributed by atoms with Crippen molar-refractivity contribution in [3.63, 3.8) is 0 Å². The van der Waals surface area contributed by atoms with Crippen molar-refractivity contribution >= 4 is 12.2 Å². The quantitative estimate of drug-likeness (QED) is 0.596. The highest BCUT2D eigenvalue weighted by molar-refractivity contribution is 5.69. The summed E-state index contributed by atoms with van der Waals surface area (Å²) in [6.45, 7) is 0. The molecule has 0 fully saturated rings. The number of rotatable bonds is 3. The van der Waals surface area contributed by atoms with E-state index in [4.69, 9.17) is 4.74 Å². The molecule has 0 saturated heterocycles. The van der Waals surface area contributed by atoms with Crippen LogP contribution in [0.1, 0.15) is 11.1 Å². The molecule has 1 heterocycles. The largest absolute Gasteiger partial charge is 0.619 e. The highest BCUT2D eigenvalue weighted by atomic mass is 16.5. The minimum Gasteiger partial charge on any atom is -0.619 e. The molecule has 0 saturated carbocycles. The minimum atomic E-state index is 0.769. The minimum absolute atomic E-state index is 0.769. The van der Waals surface area contributed by atoms with Crippen LogP contribution in [0.3, 0.4) is 0 Å². The predicted molar refractivity (Wildman–Crippen MR) is 67.3 cm³/mol. The maximum atomic E-state index is 10.8. The number of benzene rings is 1. The van der Waals surface area contributed by atoms with E-state index < -0.39 is 0 Å². The smallest absolute Gasteiger partial charge is 0.180 e. The predicted octanol–water partition coefficient (Wildman–Crippen LogP) is 2.50. The van der Waals surface area contributed by atoms with E-state index in [1.807, 2.05) is 36.4 Å². The van der Waals surface area contributed by atoms with Gasteiger partial charge < -0.3 is 9.94 Å². The zero-order chi connectivity index (χ0) is 12.1. The Morgan fingerprint density at radius 2 is 1.47 bits per heavy atom. The third-order valence-corrected chi connectivity index (χ3v) is 2.41.